The van der Waals surface area contributed by atoms with Crippen LogP contribution in [0.15, 0.2) is 18.3 Å². The number of nitrogens with one attached hydrogen (secondary N) is 1. The molecule has 2 fully saturated rings. The van der Waals surface area contributed by atoms with Crippen molar-refractivity contribution in [2.45, 2.75) is 58.0 Å². The maximum atomic E-state index is 14.0. The molecule has 0 radical (unpaired) electrons. The number of alkyl halides is 1. The van der Waals surface area contributed by atoms with Gasteiger partial charge in [-0.3, -0.25) is 0 Å². The number of aryl methyl sites for hydroxylation is 1. The third-order valence-electron chi connectivity index (χ3n) is 5.98. The van der Waals surface area contributed by atoms with Gasteiger partial charge in [-0.25, -0.2) is 13.6 Å². The molecule has 0 saturated carbocycles. The van der Waals surface area contributed by atoms with Crippen LogP contribution in [0.5, 0.6) is 0 Å². The van der Waals surface area contributed by atoms with Crippen LogP contribution in [0.25, 0.3) is 16.8 Å². The molecule has 3 aromatic rings. The van der Waals surface area contributed by atoms with Gasteiger partial charge in [0.1, 0.15) is 12.4 Å². The van der Waals surface area contributed by atoms with E-state index in [1.54, 1.807) is 4.52 Å². The molecule has 0 spiro atoms. The van der Waals surface area contributed by atoms with E-state index >= 15 is 0 Å². The second kappa shape index (κ2) is 7.96. The lowest BCUT2D eigenvalue weighted by atomic mass is 10.1. The van der Waals surface area contributed by atoms with Gasteiger partial charge >= 0.3 is 0 Å². The number of aromatic nitrogens is 5. The molecule has 8 nitrogen and oxygen atoms in total. The van der Waals surface area contributed by atoms with Crippen molar-refractivity contribution in [1.29, 1.82) is 0 Å². The second-order valence-electron chi connectivity index (χ2n) is 8.10. The smallest absolute Gasteiger partial charge is 0.243 e. The zero-order chi connectivity index (χ0) is 20.7. The van der Waals surface area contributed by atoms with E-state index in [0.717, 1.165) is 48.4 Å². The van der Waals surface area contributed by atoms with Gasteiger partial charge in [0, 0.05) is 30.7 Å². The summed E-state index contributed by atoms with van der Waals surface area (Å²) < 4.78 is 28.9. The minimum atomic E-state index is -1.06. The molecular weight excluding hydrogens is 387 g/mol. The first kappa shape index (κ1) is 19.4. The van der Waals surface area contributed by atoms with Crippen molar-refractivity contribution in [3.05, 3.63) is 29.7 Å². The van der Waals surface area contributed by atoms with Crippen molar-refractivity contribution in [2.75, 3.05) is 25.1 Å². The number of nitrogens with zero attached hydrogens (tertiary/aromatic N) is 5. The molecule has 0 amide bonds. The summed E-state index contributed by atoms with van der Waals surface area (Å²) in [5, 5.41) is 12.3. The number of hydrogen-bond donors (Lipinski definition) is 1. The highest BCUT2D eigenvalue weighted by Crippen LogP contribution is 2.32. The van der Waals surface area contributed by atoms with Crippen LogP contribution >= 0.6 is 0 Å². The first-order chi connectivity index (χ1) is 14.6. The molecule has 2 aliphatic heterocycles. The number of halogens is 1. The molecule has 1 N–H and O–H groups in total. The maximum Gasteiger partial charge on any atom is 0.243 e. The maximum absolute atomic E-state index is 14.0. The van der Waals surface area contributed by atoms with Gasteiger partial charge in [-0.15, -0.1) is 5.10 Å². The van der Waals surface area contributed by atoms with Crippen molar-refractivity contribution < 1.29 is 13.9 Å². The Balaban J connectivity index is 1.43. The van der Waals surface area contributed by atoms with E-state index in [2.05, 4.69) is 22.3 Å². The van der Waals surface area contributed by atoms with Gasteiger partial charge in [-0.05, 0) is 57.2 Å². The number of fused-ring (bicyclic) bond motifs is 1. The van der Waals surface area contributed by atoms with Gasteiger partial charge in [0.05, 0.1) is 18.3 Å². The molecule has 30 heavy (non-hydrogen) atoms. The fraction of sp³-hybridized carbons (Fsp3) is 0.571. The molecule has 3 aromatic heterocycles. The quantitative estimate of drug-likeness (QED) is 0.705. The topological polar surface area (TPSA) is 78.5 Å². The third kappa shape index (κ3) is 3.56. The predicted octanol–water partition coefficient (Wildman–Crippen LogP) is 3.45. The van der Waals surface area contributed by atoms with Crippen molar-refractivity contribution >= 4 is 11.6 Å². The highest BCUT2D eigenvalue weighted by atomic mass is 19.1. The van der Waals surface area contributed by atoms with Crippen LogP contribution in [-0.4, -0.2) is 56.4 Å². The molecule has 5 heterocycles. The molecule has 1 unspecified atom stereocenters. The largest absolute Gasteiger partial charge is 0.378 e. The first-order valence-electron chi connectivity index (χ1n) is 10.6. The lowest BCUT2D eigenvalue weighted by Gasteiger charge is -2.26. The Morgan fingerprint density at radius 2 is 2.07 bits per heavy atom. The number of ether oxygens (including phenoxy) is 2. The van der Waals surface area contributed by atoms with Gasteiger partial charge in [0.2, 0.25) is 5.95 Å². The van der Waals surface area contributed by atoms with Crippen LogP contribution in [0.3, 0.4) is 0 Å². The zero-order valence-electron chi connectivity index (χ0n) is 17.3. The summed E-state index contributed by atoms with van der Waals surface area (Å²) in [6.45, 7) is 5.55. The fourth-order valence-corrected chi connectivity index (χ4v) is 4.41. The molecule has 2 saturated heterocycles. The summed E-state index contributed by atoms with van der Waals surface area (Å²) in [5.41, 5.74) is 4.89. The Morgan fingerprint density at radius 1 is 1.17 bits per heavy atom. The van der Waals surface area contributed by atoms with Gasteiger partial charge < -0.3 is 14.8 Å². The Morgan fingerprint density at radius 3 is 2.87 bits per heavy atom. The summed E-state index contributed by atoms with van der Waals surface area (Å²) in [5.74, 6) is 0.432. The van der Waals surface area contributed by atoms with E-state index in [1.807, 2.05) is 29.9 Å². The normalized spacial score (nSPS) is 25.0. The number of pyridine rings is 1. The molecule has 160 valence electrons. The predicted molar refractivity (Wildman–Crippen MR) is 110 cm³/mol. The number of rotatable bonds is 4. The lowest BCUT2D eigenvalue weighted by Crippen LogP contribution is -2.39. The molecule has 0 bridgehead atoms. The van der Waals surface area contributed by atoms with Gasteiger partial charge in [-0.2, -0.15) is 10.1 Å². The van der Waals surface area contributed by atoms with Gasteiger partial charge in [-0.1, -0.05) is 0 Å². The Hall–Kier alpha value is -2.52. The molecular formula is C21H27FN6O2. The minimum Gasteiger partial charge on any atom is -0.378 e. The van der Waals surface area contributed by atoms with Crippen molar-refractivity contribution in [3.63, 3.8) is 0 Å². The van der Waals surface area contributed by atoms with Crippen LogP contribution in [0.2, 0.25) is 0 Å². The van der Waals surface area contributed by atoms with E-state index in [-0.39, 0.29) is 18.9 Å². The monoisotopic (exact) mass is 414 g/mol. The average Bonchev–Trinajstić information content (AvgIpc) is 3.29. The second-order valence-corrected chi connectivity index (χ2v) is 8.10. The van der Waals surface area contributed by atoms with E-state index < -0.39 is 6.17 Å². The third-order valence-corrected chi connectivity index (χ3v) is 5.98. The molecule has 2 aliphatic rings. The first-order valence-corrected chi connectivity index (χ1v) is 10.6. The zero-order valence-corrected chi connectivity index (χ0v) is 17.3. The highest BCUT2D eigenvalue weighted by Gasteiger charge is 2.27. The van der Waals surface area contributed by atoms with E-state index in [0.29, 0.717) is 24.6 Å². The highest BCUT2D eigenvalue weighted by molar-refractivity contribution is 5.71. The summed E-state index contributed by atoms with van der Waals surface area (Å²) in [4.78, 5) is 4.56. The molecule has 0 aliphatic carbocycles. The Bertz CT molecular complexity index is 1040. The van der Waals surface area contributed by atoms with E-state index in [9.17, 15) is 4.39 Å². The minimum absolute atomic E-state index is 0.00643. The summed E-state index contributed by atoms with van der Waals surface area (Å²) in [7, 11) is 0. The van der Waals surface area contributed by atoms with E-state index in [1.165, 1.54) is 0 Å². The standard InChI is InChI=1S/C21H27FN6O2/c1-13-20(14(2)28(25-13)19-5-3-4-9-30-19)15-6-8-27-18(11-15)24-21(26-27)23-17-7-10-29-12-16(17)22/h6,8,11,16-17,19H,3-5,7,9-10,12H2,1-2H3,(H,23,26)/t16-,17+,19?/m1/s1. The van der Waals surface area contributed by atoms with Gasteiger partial charge in [0.25, 0.3) is 0 Å². The van der Waals surface area contributed by atoms with Crippen molar-refractivity contribution in [1.82, 2.24) is 24.4 Å². The van der Waals surface area contributed by atoms with Gasteiger partial charge in [0.15, 0.2) is 5.65 Å². The Labute approximate surface area is 174 Å². The van der Waals surface area contributed by atoms with Crippen LogP contribution in [0.1, 0.15) is 43.3 Å². The molecule has 0 aromatic carbocycles. The molecule has 3 atom stereocenters. The molecule has 5 rings (SSSR count). The lowest BCUT2D eigenvalue weighted by molar-refractivity contribution is -0.0407. The average molecular weight is 414 g/mol. The van der Waals surface area contributed by atoms with Crippen LogP contribution in [0.4, 0.5) is 10.3 Å². The SMILES string of the molecule is Cc1nn(C2CCCCO2)c(C)c1-c1ccn2nc(N[C@H]3CCOC[C@H]3F)nc2c1. The van der Waals surface area contributed by atoms with E-state index in [4.69, 9.17) is 14.6 Å². The van der Waals surface area contributed by atoms with Crippen LogP contribution in [0, 0.1) is 13.8 Å². The van der Waals surface area contributed by atoms with Crippen molar-refractivity contribution in [3.8, 4) is 11.1 Å². The Kier molecular flexibility index (Phi) is 5.16. The number of hydrogen-bond acceptors (Lipinski definition) is 6. The van der Waals surface area contributed by atoms with Crippen LogP contribution in [-0.2, 0) is 9.47 Å². The summed E-state index contributed by atoms with van der Waals surface area (Å²) in [6.07, 6.45) is 4.69. The number of anilines is 1. The summed E-state index contributed by atoms with van der Waals surface area (Å²) >= 11 is 0. The summed E-state index contributed by atoms with van der Waals surface area (Å²) in [6, 6.07) is 3.69. The molecule has 9 heteroatoms. The van der Waals surface area contributed by atoms with Crippen molar-refractivity contribution in [2.24, 2.45) is 0 Å². The fourth-order valence-electron chi connectivity index (χ4n) is 4.41. The van der Waals surface area contributed by atoms with Crippen LogP contribution < -0.4 is 5.32 Å².